The largest absolute Gasteiger partial charge is 0.492 e. The molecule has 22 heavy (non-hydrogen) atoms. The number of nitrogens with zero attached hydrogens (tertiary/aromatic N) is 2. The first kappa shape index (κ1) is 17.1. The van der Waals surface area contributed by atoms with E-state index < -0.39 is 0 Å². The maximum Gasteiger partial charge on any atom is 0.236 e. The van der Waals surface area contributed by atoms with E-state index in [0.717, 1.165) is 31.7 Å². The fraction of sp³-hybridized carbons (Fsp3) is 0.562. The van der Waals surface area contributed by atoms with E-state index in [1.165, 1.54) is 0 Å². The number of halogens is 1. The summed E-state index contributed by atoms with van der Waals surface area (Å²) in [4.78, 5) is 16.2. The average Bonchev–Trinajstić information content (AvgIpc) is 2.51. The van der Waals surface area contributed by atoms with E-state index in [-0.39, 0.29) is 5.91 Å². The fourth-order valence-electron chi connectivity index (χ4n) is 2.58. The molecule has 122 valence electrons. The highest BCUT2D eigenvalue weighted by Crippen LogP contribution is 2.29. The molecule has 0 aliphatic carbocycles. The molecule has 0 saturated carbocycles. The molecule has 1 aliphatic rings. The summed E-state index contributed by atoms with van der Waals surface area (Å²) >= 11 is 6.19. The summed E-state index contributed by atoms with van der Waals surface area (Å²) < 4.78 is 5.63. The SMILES string of the molecule is CCOc1c(Cl)cccc1CN(C)CC(=O)N1CCNCC1. The van der Waals surface area contributed by atoms with Gasteiger partial charge in [0.25, 0.3) is 0 Å². The van der Waals surface area contributed by atoms with Crippen LogP contribution in [0.3, 0.4) is 0 Å². The molecule has 1 heterocycles. The maximum absolute atomic E-state index is 12.3. The Morgan fingerprint density at radius 3 is 2.82 bits per heavy atom. The van der Waals surface area contributed by atoms with Crippen molar-refractivity contribution in [3.63, 3.8) is 0 Å². The first-order valence-corrected chi connectivity index (χ1v) is 8.06. The standard InChI is InChI=1S/C16H24ClN3O2/c1-3-22-16-13(5-4-6-14(16)17)11-19(2)12-15(21)20-9-7-18-8-10-20/h4-6,18H,3,7-12H2,1-2H3. The second kappa shape index (κ2) is 8.36. The number of benzene rings is 1. The Morgan fingerprint density at radius 2 is 2.14 bits per heavy atom. The second-order valence-corrected chi connectivity index (χ2v) is 5.87. The molecular weight excluding hydrogens is 302 g/mol. The van der Waals surface area contributed by atoms with E-state index >= 15 is 0 Å². The zero-order valence-electron chi connectivity index (χ0n) is 13.3. The lowest BCUT2D eigenvalue weighted by Crippen LogP contribution is -2.49. The van der Waals surface area contributed by atoms with Crippen LogP contribution >= 0.6 is 11.6 Å². The summed E-state index contributed by atoms with van der Waals surface area (Å²) in [6.45, 7) is 6.86. The summed E-state index contributed by atoms with van der Waals surface area (Å²) in [6.07, 6.45) is 0. The Balaban J connectivity index is 1.95. The molecule has 1 aromatic carbocycles. The molecular formula is C16H24ClN3O2. The van der Waals surface area contributed by atoms with Crippen molar-refractivity contribution < 1.29 is 9.53 Å². The molecule has 2 rings (SSSR count). The van der Waals surface area contributed by atoms with Gasteiger partial charge in [-0.2, -0.15) is 0 Å². The summed E-state index contributed by atoms with van der Waals surface area (Å²) in [7, 11) is 1.94. The van der Waals surface area contributed by atoms with Crippen molar-refractivity contribution >= 4 is 17.5 Å². The molecule has 0 radical (unpaired) electrons. The number of nitrogens with one attached hydrogen (secondary N) is 1. The van der Waals surface area contributed by atoms with Gasteiger partial charge in [-0.05, 0) is 20.0 Å². The van der Waals surface area contributed by atoms with Gasteiger partial charge in [-0.1, -0.05) is 23.7 Å². The molecule has 6 heteroatoms. The van der Waals surface area contributed by atoms with Gasteiger partial charge in [0, 0.05) is 38.3 Å². The molecule has 0 spiro atoms. The lowest BCUT2D eigenvalue weighted by atomic mass is 10.2. The third-order valence-corrected chi connectivity index (χ3v) is 3.95. The minimum absolute atomic E-state index is 0.170. The number of hydrogen-bond donors (Lipinski definition) is 1. The van der Waals surface area contributed by atoms with Gasteiger partial charge in [-0.3, -0.25) is 9.69 Å². The van der Waals surface area contributed by atoms with E-state index in [2.05, 4.69) is 5.32 Å². The number of carbonyl (C=O) groups excluding carboxylic acids is 1. The first-order valence-electron chi connectivity index (χ1n) is 7.69. The van der Waals surface area contributed by atoms with Crippen molar-refractivity contribution in [2.75, 3.05) is 46.4 Å². The number of para-hydroxylation sites is 1. The number of piperazine rings is 1. The Kier molecular flexibility index (Phi) is 6.49. The number of likely N-dealkylation sites (N-methyl/N-ethyl adjacent to an activating group) is 1. The van der Waals surface area contributed by atoms with Gasteiger partial charge in [-0.25, -0.2) is 0 Å². The number of rotatable bonds is 6. The minimum atomic E-state index is 0.170. The average molecular weight is 326 g/mol. The van der Waals surface area contributed by atoms with E-state index in [4.69, 9.17) is 16.3 Å². The zero-order chi connectivity index (χ0) is 15.9. The number of amides is 1. The van der Waals surface area contributed by atoms with Crippen molar-refractivity contribution in [3.8, 4) is 5.75 Å². The van der Waals surface area contributed by atoms with Crippen LogP contribution in [0.2, 0.25) is 5.02 Å². The Bertz CT molecular complexity index is 504. The van der Waals surface area contributed by atoms with Crippen LogP contribution in [-0.2, 0) is 11.3 Å². The van der Waals surface area contributed by atoms with Gasteiger partial charge in [0.1, 0.15) is 5.75 Å². The Labute approximate surface area is 137 Å². The predicted octanol–water partition coefficient (Wildman–Crippen LogP) is 1.60. The molecule has 5 nitrogen and oxygen atoms in total. The summed E-state index contributed by atoms with van der Waals surface area (Å²) in [5.41, 5.74) is 1.00. The fourth-order valence-corrected chi connectivity index (χ4v) is 2.82. The molecule has 0 atom stereocenters. The van der Waals surface area contributed by atoms with Crippen LogP contribution in [0.1, 0.15) is 12.5 Å². The predicted molar refractivity (Wildman–Crippen MR) is 88.4 cm³/mol. The molecule has 1 fully saturated rings. The molecule has 1 N–H and O–H groups in total. The molecule has 1 aromatic rings. The van der Waals surface area contributed by atoms with Crippen LogP contribution < -0.4 is 10.1 Å². The molecule has 1 saturated heterocycles. The Morgan fingerprint density at radius 1 is 1.41 bits per heavy atom. The van der Waals surface area contributed by atoms with Crippen LogP contribution in [0.25, 0.3) is 0 Å². The highest BCUT2D eigenvalue weighted by Gasteiger charge is 2.18. The Hall–Kier alpha value is -1.30. The van der Waals surface area contributed by atoms with E-state index in [0.29, 0.717) is 30.5 Å². The summed E-state index contributed by atoms with van der Waals surface area (Å²) in [5, 5.41) is 3.86. The summed E-state index contributed by atoms with van der Waals surface area (Å²) in [5.74, 6) is 0.886. The van der Waals surface area contributed by atoms with Crippen LogP contribution in [0.4, 0.5) is 0 Å². The van der Waals surface area contributed by atoms with Crippen molar-refractivity contribution in [1.82, 2.24) is 15.1 Å². The normalized spacial score (nSPS) is 15.2. The third kappa shape index (κ3) is 4.60. The monoisotopic (exact) mass is 325 g/mol. The number of carbonyl (C=O) groups is 1. The summed E-state index contributed by atoms with van der Waals surface area (Å²) in [6, 6.07) is 5.72. The first-order chi connectivity index (χ1) is 10.6. The van der Waals surface area contributed by atoms with Gasteiger partial charge < -0.3 is 15.0 Å². The van der Waals surface area contributed by atoms with Crippen molar-refractivity contribution in [2.45, 2.75) is 13.5 Å². The number of ether oxygens (including phenoxy) is 1. The van der Waals surface area contributed by atoms with Gasteiger partial charge in [0.15, 0.2) is 0 Å². The van der Waals surface area contributed by atoms with Gasteiger partial charge in [-0.15, -0.1) is 0 Å². The molecule has 0 bridgehead atoms. The minimum Gasteiger partial charge on any atom is -0.492 e. The van der Waals surface area contributed by atoms with Crippen molar-refractivity contribution in [1.29, 1.82) is 0 Å². The zero-order valence-corrected chi connectivity index (χ0v) is 14.0. The van der Waals surface area contributed by atoms with Crippen molar-refractivity contribution in [2.24, 2.45) is 0 Å². The number of hydrogen-bond acceptors (Lipinski definition) is 4. The lowest BCUT2D eigenvalue weighted by Gasteiger charge is -2.29. The van der Waals surface area contributed by atoms with Crippen LogP contribution in [0, 0.1) is 0 Å². The maximum atomic E-state index is 12.3. The van der Waals surface area contributed by atoms with Gasteiger partial charge in [0.2, 0.25) is 5.91 Å². The lowest BCUT2D eigenvalue weighted by molar-refractivity contribution is -0.132. The van der Waals surface area contributed by atoms with Crippen LogP contribution in [0.5, 0.6) is 5.75 Å². The molecule has 0 unspecified atom stereocenters. The second-order valence-electron chi connectivity index (χ2n) is 5.46. The topological polar surface area (TPSA) is 44.8 Å². The molecule has 1 aliphatic heterocycles. The van der Waals surface area contributed by atoms with E-state index in [1.54, 1.807) is 0 Å². The quantitative estimate of drug-likeness (QED) is 0.863. The molecule has 1 amide bonds. The van der Waals surface area contributed by atoms with Crippen LogP contribution in [-0.4, -0.2) is 62.1 Å². The molecule has 0 aromatic heterocycles. The third-order valence-electron chi connectivity index (χ3n) is 3.65. The van der Waals surface area contributed by atoms with E-state index in [9.17, 15) is 4.79 Å². The smallest absolute Gasteiger partial charge is 0.236 e. The van der Waals surface area contributed by atoms with E-state index in [1.807, 2.05) is 42.0 Å². The highest BCUT2D eigenvalue weighted by atomic mass is 35.5. The van der Waals surface area contributed by atoms with Crippen molar-refractivity contribution in [3.05, 3.63) is 28.8 Å². The van der Waals surface area contributed by atoms with Gasteiger partial charge in [0.05, 0.1) is 18.2 Å². The van der Waals surface area contributed by atoms with Crippen LogP contribution in [0.15, 0.2) is 18.2 Å². The van der Waals surface area contributed by atoms with Gasteiger partial charge >= 0.3 is 0 Å². The highest BCUT2D eigenvalue weighted by molar-refractivity contribution is 6.32.